The molecule has 1 aliphatic heterocycles. The Hall–Kier alpha value is -2.06. The molecule has 0 radical (unpaired) electrons. The zero-order valence-electron chi connectivity index (χ0n) is 10.9. The molecule has 0 N–H and O–H groups in total. The first kappa shape index (κ1) is 12.9. The normalized spacial score (nSPS) is 18.1. The van der Waals surface area contributed by atoms with Crippen molar-refractivity contribution < 1.29 is 4.74 Å². The van der Waals surface area contributed by atoms with Crippen LogP contribution in [0.2, 0.25) is 5.02 Å². The van der Waals surface area contributed by atoms with E-state index in [-0.39, 0.29) is 6.04 Å². The highest BCUT2D eigenvalue weighted by atomic mass is 35.5. The van der Waals surface area contributed by atoms with Crippen LogP contribution in [0.1, 0.15) is 17.2 Å². The van der Waals surface area contributed by atoms with Crippen molar-refractivity contribution in [3.05, 3.63) is 76.8 Å². The van der Waals surface area contributed by atoms with Crippen LogP contribution in [-0.2, 0) is 4.74 Å². The zero-order valence-corrected chi connectivity index (χ0v) is 11.6. The summed E-state index contributed by atoms with van der Waals surface area (Å²) in [4.78, 5) is 4.57. The van der Waals surface area contributed by atoms with Crippen LogP contribution in [0.15, 0.2) is 65.7 Å². The fourth-order valence-corrected chi connectivity index (χ4v) is 2.20. The molecule has 2 aromatic rings. The Kier molecular flexibility index (Phi) is 3.84. The maximum Gasteiger partial charge on any atom is 0.209 e. The minimum Gasteiger partial charge on any atom is -0.475 e. The molecule has 0 aliphatic carbocycles. The average molecular weight is 284 g/mol. The lowest BCUT2D eigenvalue weighted by atomic mass is 10.1. The summed E-state index contributed by atoms with van der Waals surface area (Å²) in [5.41, 5.74) is 2.26. The van der Waals surface area contributed by atoms with E-state index in [2.05, 4.69) is 17.1 Å². The van der Waals surface area contributed by atoms with E-state index >= 15 is 0 Å². The fourth-order valence-electron chi connectivity index (χ4n) is 2.07. The molecular weight excluding hydrogens is 270 g/mol. The summed E-state index contributed by atoms with van der Waals surface area (Å²) in [5.74, 6) is 0.675. The molecule has 0 unspecified atom stereocenters. The second kappa shape index (κ2) is 5.93. The van der Waals surface area contributed by atoms with Gasteiger partial charge in [-0.25, -0.2) is 4.99 Å². The molecule has 100 valence electrons. The molecule has 0 spiro atoms. The lowest BCUT2D eigenvalue weighted by Crippen LogP contribution is -1.97. The molecular formula is C17H14ClNO. The van der Waals surface area contributed by atoms with Crippen LogP contribution in [0.4, 0.5) is 0 Å². The molecule has 0 saturated heterocycles. The highest BCUT2D eigenvalue weighted by Gasteiger charge is 2.18. The van der Waals surface area contributed by atoms with Gasteiger partial charge in [0.05, 0.1) is 0 Å². The van der Waals surface area contributed by atoms with E-state index in [9.17, 15) is 0 Å². The predicted molar refractivity (Wildman–Crippen MR) is 83.1 cm³/mol. The number of hydrogen-bond donors (Lipinski definition) is 0. The Morgan fingerprint density at radius 3 is 2.50 bits per heavy atom. The molecule has 3 rings (SSSR count). The van der Waals surface area contributed by atoms with Crippen molar-refractivity contribution in [3.63, 3.8) is 0 Å². The third kappa shape index (κ3) is 3.09. The summed E-state index contributed by atoms with van der Waals surface area (Å²) >= 11 is 5.85. The van der Waals surface area contributed by atoms with Gasteiger partial charge in [-0.15, -0.1) is 0 Å². The largest absolute Gasteiger partial charge is 0.475 e. The lowest BCUT2D eigenvalue weighted by molar-refractivity contribution is 0.321. The maximum atomic E-state index is 5.85. The second-order valence-corrected chi connectivity index (χ2v) is 5.03. The van der Waals surface area contributed by atoms with E-state index in [4.69, 9.17) is 16.3 Å². The molecule has 0 aromatic heterocycles. The standard InChI is InChI=1S/C17H14ClNO/c18-15-9-6-13(7-10-15)8-11-17-19-16(12-20-17)14-4-2-1-3-5-14/h1-11,16H,12H2/b11-8+/t16-/m0/s1. The number of rotatable bonds is 3. The third-order valence-electron chi connectivity index (χ3n) is 3.14. The molecule has 0 amide bonds. The fraction of sp³-hybridized carbons (Fsp3) is 0.118. The van der Waals surface area contributed by atoms with Gasteiger partial charge in [-0.3, -0.25) is 0 Å². The number of benzene rings is 2. The van der Waals surface area contributed by atoms with Crippen LogP contribution in [0.5, 0.6) is 0 Å². The van der Waals surface area contributed by atoms with Crippen molar-refractivity contribution in [2.75, 3.05) is 6.61 Å². The van der Waals surface area contributed by atoms with E-state index in [1.54, 1.807) is 0 Å². The van der Waals surface area contributed by atoms with Crippen LogP contribution < -0.4 is 0 Å². The van der Waals surface area contributed by atoms with E-state index in [0.29, 0.717) is 12.5 Å². The number of ether oxygens (including phenoxy) is 1. The maximum absolute atomic E-state index is 5.85. The van der Waals surface area contributed by atoms with Gasteiger partial charge in [0.25, 0.3) is 0 Å². The van der Waals surface area contributed by atoms with Crippen molar-refractivity contribution in [3.8, 4) is 0 Å². The number of halogens is 1. The van der Waals surface area contributed by atoms with Crippen LogP contribution in [-0.4, -0.2) is 12.5 Å². The first-order valence-electron chi connectivity index (χ1n) is 6.50. The number of nitrogens with zero attached hydrogens (tertiary/aromatic N) is 1. The summed E-state index contributed by atoms with van der Waals surface area (Å²) in [6, 6.07) is 17.9. The van der Waals surface area contributed by atoms with Crippen molar-refractivity contribution in [1.29, 1.82) is 0 Å². The van der Waals surface area contributed by atoms with Crippen LogP contribution in [0.25, 0.3) is 6.08 Å². The summed E-state index contributed by atoms with van der Waals surface area (Å²) in [7, 11) is 0. The minimum absolute atomic E-state index is 0.0982. The Morgan fingerprint density at radius 2 is 1.75 bits per heavy atom. The number of aliphatic imine (C=N–C) groups is 1. The highest BCUT2D eigenvalue weighted by Crippen LogP contribution is 2.23. The smallest absolute Gasteiger partial charge is 0.209 e. The Balaban J connectivity index is 1.71. The predicted octanol–water partition coefficient (Wildman–Crippen LogP) is 4.52. The Labute approximate surface area is 123 Å². The van der Waals surface area contributed by atoms with E-state index in [1.165, 1.54) is 5.56 Å². The van der Waals surface area contributed by atoms with Gasteiger partial charge in [0.1, 0.15) is 12.6 Å². The Bertz CT molecular complexity index is 632. The lowest BCUT2D eigenvalue weighted by Gasteiger charge is -2.03. The van der Waals surface area contributed by atoms with Crippen molar-refractivity contribution in [2.45, 2.75) is 6.04 Å². The molecule has 20 heavy (non-hydrogen) atoms. The first-order valence-corrected chi connectivity index (χ1v) is 6.88. The van der Waals surface area contributed by atoms with Gasteiger partial charge in [-0.05, 0) is 29.3 Å². The summed E-state index contributed by atoms with van der Waals surface area (Å²) in [5, 5.41) is 0.737. The topological polar surface area (TPSA) is 21.6 Å². The molecule has 0 fully saturated rings. The molecule has 0 saturated carbocycles. The molecule has 0 bridgehead atoms. The average Bonchev–Trinajstić information content (AvgIpc) is 2.97. The van der Waals surface area contributed by atoms with Gasteiger partial charge in [-0.2, -0.15) is 0 Å². The van der Waals surface area contributed by atoms with E-state index in [1.807, 2.05) is 54.6 Å². The summed E-state index contributed by atoms with van der Waals surface area (Å²) in [6.07, 6.45) is 3.87. The molecule has 1 atom stereocenters. The SMILES string of the molecule is Clc1ccc(/C=C/C2=N[C@H](c3ccccc3)CO2)cc1. The van der Waals surface area contributed by atoms with Gasteiger partial charge in [-0.1, -0.05) is 54.1 Å². The van der Waals surface area contributed by atoms with E-state index in [0.717, 1.165) is 10.6 Å². The van der Waals surface area contributed by atoms with Gasteiger partial charge in [0, 0.05) is 11.1 Å². The van der Waals surface area contributed by atoms with Gasteiger partial charge < -0.3 is 4.74 Å². The van der Waals surface area contributed by atoms with Crippen molar-refractivity contribution in [2.24, 2.45) is 4.99 Å². The summed E-state index contributed by atoms with van der Waals surface area (Å²) in [6.45, 7) is 0.601. The van der Waals surface area contributed by atoms with Crippen LogP contribution >= 0.6 is 11.6 Å². The molecule has 2 aromatic carbocycles. The molecule has 1 aliphatic rings. The van der Waals surface area contributed by atoms with Gasteiger partial charge in [0.15, 0.2) is 0 Å². The number of hydrogen-bond acceptors (Lipinski definition) is 2. The van der Waals surface area contributed by atoms with Gasteiger partial charge >= 0.3 is 0 Å². The van der Waals surface area contributed by atoms with Crippen molar-refractivity contribution in [1.82, 2.24) is 0 Å². The van der Waals surface area contributed by atoms with Crippen LogP contribution in [0.3, 0.4) is 0 Å². The van der Waals surface area contributed by atoms with Crippen LogP contribution in [0, 0.1) is 0 Å². The van der Waals surface area contributed by atoms with Crippen molar-refractivity contribution >= 4 is 23.6 Å². The molecule has 2 nitrogen and oxygen atoms in total. The molecule has 3 heteroatoms. The second-order valence-electron chi connectivity index (χ2n) is 4.59. The van der Waals surface area contributed by atoms with E-state index < -0.39 is 0 Å². The minimum atomic E-state index is 0.0982. The molecule has 1 heterocycles. The first-order chi connectivity index (χ1) is 9.81. The quantitative estimate of drug-likeness (QED) is 0.811. The monoisotopic (exact) mass is 283 g/mol. The van der Waals surface area contributed by atoms with Gasteiger partial charge in [0.2, 0.25) is 5.90 Å². The third-order valence-corrected chi connectivity index (χ3v) is 3.40. The summed E-state index contributed by atoms with van der Waals surface area (Å²) < 4.78 is 5.60. The highest BCUT2D eigenvalue weighted by molar-refractivity contribution is 6.30. The Morgan fingerprint density at radius 1 is 1.00 bits per heavy atom. The zero-order chi connectivity index (χ0) is 13.8.